The molecule has 0 saturated heterocycles. The maximum atomic E-state index is 9.85. The average Bonchev–Trinajstić information content (AvgIpc) is 2.31. The molecule has 0 aromatic carbocycles. The molecule has 0 aliphatic carbocycles. The van der Waals surface area contributed by atoms with Crippen molar-refractivity contribution in [3.8, 4) is 0 Å². The van der Waals surface area contributed by atoms with Crippen LogP contribution in [0, 0.1) is 0 Å². The van der Waals surface area contributed by atoms with E-state index in [9.17, 15) is 4.79 Å². The summed E-state index contributed by atoms with van der Waals surface area (Å²) in [5.41, 5.74) is 0. The molecule has 0 unspecified atom stereocenters. The molecular formula is C6H4ClNOS. The molecule has 52 valence electrons. The molecule has 0 N–H and O–H groups in total. The van der Waals surface area contributed by atoms with Gasteiger partial charge in [-0.2, -0.15) is 0 Å². The Labute approximate surface area is 67.2 Å². The zero-order valence-electron chi connectivity index (χ0n) is 4.95. The maximum Gasteiger partial charge on any atom is 0.184 e. The number of nitrogens with zero attached hydrogens (tertiary/aromatic N) is 1. The number of hydrogen-bond donors (Lipinski definition) is 0. The summed E-state index contributed by atoms with van der Waals surface area (Å²) in [5.74, 6) is 0. The van der Waals surface area contributed by atoms with Crippen LogP contribution in [0.15, 0.2) is 12.3 Å². The molecule has 1 aromatic heterocycles. The highest BCUT2D eigenvalue weighted by atomic mass is 35.5. The number of aldehydes is 1. The summed E-state index contributed by atoms with van der Waals surface area (Å²) >= 11 is 6.86. The third-order valence-electron chi connectivity index (χ3n) is 0.834. The lowest BCUT2D eigenvalue weighted by Crippen LogP contribution is -1.59. The van der Waals surface area contributed by atoms with Crippen molar-refractivity contribution < 1.29 is 4.79 Å². The van der Waals surface area contributed by atoms with Gasteiger partial charge in [-0.25, -0.2) is 4.98 Å². The number of carbonyl (C=O) groups excluding carboxylic acids is 1. The first-order valence-electron chi connectivity index (χ1n) is 2.56. The van der Waals surface area contributed by atoms with Crippen LogP contribution >= 0.6 is 22.9 Å². The molecule has 1 rings (SSSR count). The quantitative estimate of drug-likeness (QED) is 0.506. The molecule has 0 radical (unpaired) electrons. The minimum absolute atomic E-state index is 0.491. The van der Waals surface area contributed by atoms with E-state index in [0.717, 1.165) is 4.88 Å². The highest BCUT2D eigenvalue weighted by Crippen LogP contribution is 2.18. The second-order valence-electron chi connectivity index (χ2n) is 1.51. The van der Waals surface area contributed by atoms with Crippen molar-refractivity contribution in [2.24, 2.45) is 0 Å². The average molecular weight is 174 g/mol. The smallest absolute Gasteiger partial charge is 0.184 e. The number of allylic oxidation sites excluding steroid dienone is 1. The first-order chi connectivity index (χ1) is 4.83. The first-order valence-corrected chi connectivity index (χ1v) is 3.75. The summed E-state index contributed by atoms with van der Waals surface area (Å²) < 4.78 is 0.491. The summed E-state index contributed by atoms with van der Waals surface area (Å²) in [6.45, 7) is 0. The fourth-order valence-electron chi connectivity index (χ4n) is 0.475. The van der Waals surface area contributed by atoms with Gasteiger partial charge < -0.3 is 0 Å². The zero-order valence-corrected chi connectivity index (χ0v) is 6.52. The molecule has 0 fully saturated rings. The predicted molar refractivity (Wildman–Crippen MR) is 42.2 cm³/mol. The van der Waals surface area contributed by atoms with Gasteiger partial charge in [0.05, 0.1) is 0 Å². The van der Waals surface area contributed by atoms with Crippen LogP contribution in [-0.4, -0.2) is 11.3 Å². The van der Waals surface area contributed by atoms with Crippen LogP contribution in [0.1, 0.15) is 4.88 Å². The van der Waals surface area contributed by atoms with Crippen LogP contribution in [0.25, 0.3) is 6.08 Å². The maximum absolute atomic E-state index is 9.85. The SMILES string of the molecule is O=C/C=C/c1cnc(Cl)s1. The van der Waals surface area contributed by atoms with E-state index in [2.05, 4.69) is 4.98 Å². The molecule has 10 heavy (non-hydrogen) atoms. The van der Waals surface area contributed by atoms with Crippen molar-refractivity contribution in [1.82, 2.24) is 4.98 Å². The van der Waals surface area contributed by atoms with Gasteiger partial charge in [-0.15, -0.1) is 11.3 Å². The third kappa shape index (κ3) is 1.93. The van der Waals surface area contributed by atoms with Crippen molar-refractivity contribution in [2.45, 2.75) is 0 Å². The summed E-state index contributed by atoms with van der Waals surface area (Å²) in [4.78, 5) is 14.5. The number of hydrogen-bond acceptors (Lipinski definition) is 3. The molecule has 0 bridgehead atoms. The monoisotopic (exact) mass is 173 g/mol. The normalized spacial score (nSPS) is 10.5. The van der Waals surface area contributed by atoms with Crippen molar-refractivity contribution in [3.05, 3.63) is 21.6 Å². The third-order valence-corrected chi connectivity index (χ3v) is 1.91. The van der Waals surface area contributed by atoms with Gasteiger partial charge in [-0.1, -0.05) is 11.6 Å². The van der Waals surface area contributed by atoms with Gasteiger partial charge in [0.25, 0.3) is 0 Å². The van der Waals surface area contributed by atoms with Gasteiger partial charge >= 0.3 is 0 Å². The van der Waals surface area contributed by atoms with Crippen LogP contribution in [0.3, 0.4) is 0 Å². The Balaban J connectivity index is 2.75. The van der Waals surface area contributed by atoms with Crippen molar-refractivity contribution in [1.29, 1.82) is 0 Å². The molecule has 1 aromatic rings. The van der Waals surface area contributed by atoms with Crippen LogP contribution in [0.2, 0.25) is 4.47 Å². The number of thiazole rings is 1. The first kappa shape index (κ1) is 7.44. The van der Waals surface area contributed by atoms with Gasteiger partial charge in [-0.3, -0.25) is 4.79 Å². The summed E-state index contributed by atoms with van der Waals surface area (Å²) in [5, 5.41) is 0. The molecule has 0 saturated carbocycles. The number of carbonyl (C=O) groups is 1. The van der Waals surface area contributed by atoms with Gasteiger partial charge in [0, 0.05) is 11.1 Å². The number of rotatable bonds is 2. The van der Waals surface area contributed by atoms with E-state index < -0.39 is 0 Å². The van der Waals surface area contributed by atoms with Crippen LogP contribution in [-0.2, 0) is 4.79 Å². The van der Waals surface area contributed by atoms with Gasteiger partial charge in [0.15, 0.2) is 4.47 Å². The predicted octanol–water partition coefficient (Wildman–Crippen LogP) is 2.01. The lowest BCUT2D eigenvalue weighted by molar-refractivity contribution is -0.104. The van der Waals surface area contributed by atoms with Crippen molar-refractivity contribution >= 4 is 35.3 Å². The lowest BCUT2D eigenvalue weighted by atomic mass is 10.5. The number of halogens is 1. The Morgan fingerprint density at radius 1 is 1.70 bits per heavy atom. The standard InChI is InChI=1S/C6H4ClNOS/c7-6-8-4-5(10-6)2-1-3-9/h1-4H/b2-1+. The molecule has 0 aliphatic heterocycles. The summed E-state index contributed by atoms with van der Waals surface area (Å²) in [6, 6.07) is 0. The second-order valence-corrected chi connectivity index (χ2v) is 3.16. The highest BCUT2D eigenvalue weighted by Gasteiger charge is 1.92. The molecule has 1 heterocycles. The Hall–Kier alpha value is -0.670. The minimum Gasteiger partial charge on any atom is -0.299 e. The van der Waals surface area contributed by atoms with Gasteiger partial charge in [0.1, 0.15) is 6.29 Å². The molecule has 2 nitrogen and oxygen atoms in total. The topological polar surface area (TPSA) is 30.0 Å². The molecular weight excluding hydrogens is 170 g/mol. The lowest BCUT2D eigenvalue weighted by Gasteiger charge is -1.73. The van der Waals surface area contributed by atoms with E-state index in [1.807, 2.05) is 0 Å². The fourth-order valence-corrected chi connectivity index (χ4v) is 1.34. The van der Waals surface area contributed by atoms with Crippen LogP contribution in [0.5, 0.6) is 0 Å². The van der Waals surface area contributed by atoms with E-state index in [0.29, 0.717) is 10.8 Å². The summed E-state index contributed by atoms with van der Waals surface area (Å²) in [7, 11) is 0. The molecule has 0 aliphatic rings. The molecule has 0 atom stereocenters. The molecule has 0 spiro atoms. The largest absolute Gasteiger partial charge is 0.299 e. The van der Waals surface area contributed by atoms with Crippen molar-refractivity contribution in [3.63, 3.8) is 0 Å². The van der Waals surface area contributed by atoms with Crippen LogP contribution < -0.4 is 0 Å². The zero-order chi connectivity index (χ0) is 7.40. The van der Waals surface area contributed by atoms with E-state index in [-0.39, 0.29) is 0 Å². The van der Waals surface area contributed by atoms with E-state index in [1.165, 1.54) is 17.4 Å². The van der Waals surface area contributed by atoms with Gasteiger partial charge in [-0.05, 0) is 12.2 Å². The Kier molecular flexibility index (Phi) is 2.59. The van der Waals surface area contributed by atoms with E-state index in [4.69, 9.17) is 11.6 Å². The fraction of sp³-hybridized carbons (Fsp3) is 0. The molecule has 4 heteroatoms. The van der Waals surface area contributed by atoms with E-state index >= 15 is 0 Å². The van der Waals surface area contributed by atoms with E-state index in [1.54, 1.807) is 12.3 Å². The Bertz CT molecular complexity index is 256. The second kappa shape index (κ2) is 3.49. The molecule has 0 amide bonds. The minimum atomic E-state index is 0.491. The highest BCUT2D eigenvalue weighted by molar-refractivity contribution is 7.16. The Morgan fingerprint density at radius 2 is 2.50 bits per heavy atom. The number of aromatic nitrogens is 1. The van der Waals surface area contributed by atoms with Crippen LogP contribution in [0.4, 0.5) is 0 Å². The summed E-state index contributed by atoms with van der Waals surface area (Å²) in [6.07, 6.45) is 5.40. The Morgan fingerprint density at radius 3 is 3.00 bits per heavy atom. The van der Waals surface area contributed by atoms with Gasteiger partial charge in [0.2, 0.25) is 0 Å². The van der Waals surface area contributed by atoms with Crippen molar-refractivity contribution in [2.75, 3.05) is 0 Å².